The standard InChI is InChI=1S/C24H24N2O3/c27-24(18-6-9-20(10-7-18)25-12-1-2-13-25)26-14-3-5-21(26)19-8-11-22-23(17-19)29-16-4-15-28-22/h1-2,6-13,17,21H,3-5,14-16H2. The van der Waals surface area contributed by atoms with E-state index in [0.717, 1.165) is 54.1 Å². The van der Waals surface area contributed by atoms with Gasteiger partial charge in [0.15, 0.2) is 11.5 Å². The number of benzene rings is 2. The van der Waals surface area contributed by atoms with Gasteiger partial charge in [-0.1, -0.05) is 6.07 Å². The van der Waals surface area contributed by atoms with Crippen LogP contribution in [-0.2, 0) is 0 Å². The minimum absolute atomic E-state index is 0.0729. The summed E-state index contributed by atoms with van der Waals surface area (Å²) in [7, 11) is 0. The predicted octanol–water partition coefficient (Wildman–Crippen LogP) is 4.62. The second kappa shape index (κ2) is 7.66. The van der Waals surface area contributed by atoms with E-state index in [1.807, 2.05) is 70.4 Å². The van der Waals surface area contributed by atoms with Crippen molar-refractivity contribution >= 4 is 5.91 Å². The molecule has 5 rings (SSSR count). The molecule has 1 aromatic heterocycles. The lowest BCUT2D eigenvalue weighted by Crippen LogP contribution is -2.30. The number of fused-ring (bicyclic) bond motifs is 1. The normalized spacial score (nSPS) is 18.5. The highest BCUT2D eigenvalue weighted by Gasteiger charge is 2.31. The molecule has 3 heterocycles. The average Bonchev–Trinajstić information content (AvgIpc) is 3.42. The highest BCUT2D eigenvalue weighted by Crippen LogP contribution is 2.38. The van der Waals surface area contributed by atoms with Crippen LogP contribution in [0.5, 0.6) is 11.5 Å². The van der Waals surface area contributed by atoms with Crippen molar-refractivity contribution in [2.24, 2.45) is 0 Å². The third-order valence-electron chi connectivity index (χ3n) is 5.69. The third-order valence-corrected chi connectivity index (χ3v) is 5.69. The van der Waals surface area contributed by atoms with Crippen LogP contribution in [0.2, 0.25) is 0 Å². The Bertz CT molecular complexity index is 995. The van der Waals surface area contributed by atoms with Crippen LogP contribution in [0.25, 0.3) is 5.69 Å². The van der Waals surface area contributed by atoms with Crippen LogP contribution >= 0.6 is 0 Å². The van der Waals surface area contributed by atoms with Gasteiger partial charge in [0.25, 0.3) is 5.91 Å². The molecule has 5 nitrogen and oxygen atoms in total. The number of nitrogens with zero attached hydrogens (tertiary/aromatic N) is 2. The number of hydrogen-bond acceptors (Lipinski definition) is 3. The lowest BCUT2D eigenvalue weighted by molar-refractivity contribution is 0.0735. The minimum Gasteiger partial charge on any atom is -0.490 e. The largest absolute Gasteiger partial charge is 0.490 e. The van der Waals surface area contributed by atoms with Gasteiger partial charge in [-0.15, -0.1) is 0 Å². The Balaban J connectivity index is 1.38. The van der Waals surface area contributed by atoms with Crippen LogP contribution < -0.4 is 9.47 Å². The minimum atomic E-state index is 0.0729. The molecule has 1 fully saturated rings. The van der Waals surface area contributed by atoms with E-state index in [0.29, 0.717) is 13.2 Å². The molecule has 2 aromatic carbocycles. The molecule has 1 unspecified atom stereocenters. The maximum absolute atomic E-state index is 13.2. The molecule has 0 radical (unpaired) electrons. The van der Waals surface area contributed by atoms with E-state index in [4.69, 9.17) is 9.47 Å². The number of ether oxygens (including phenoxy) is 2. The van der Waals surface area contributed by atoms with Crippen LogP contribution in [0, 0.1) is 0 Å². The van der Waals surface area contributed by atoms with E-state index < -0.39 is 0 Å². The first-order valence-corrected chi connectivity index (χ1v) is 10.2. The number of aromatic nitrogens is 1. The Morgan fingerprint density at radius 1 is 0.897 bits per heavy atom. The summed E-state index contributed by atoms with van der Waals surface area (Å²) >= 11 is 0. The molecule has 2 aliphatic heterocycles. The Labute approximate surface area is 170 Å². The van der Waals surface area contributed by atoms with E-state index >= 15 is 0 Å². The molecule has 148 valence electrons. The molecule has 1 saturated heterocycles. The molecular formula is C24H24N2O3. The molecule has 3 aromatic rings. The summed E-state index contributed by atoms with van der Waals surface area (Å²) in [5, 5.41) is 0. The summed E-state index contributed by atoms with van der Waals surface area (Å²) in [5.41, 5.74) is 2.89. The predicted molar refractivity (Wildman–Crippen MR) is 111 cm³/mol. The fourth-order valence-electron chi connectivity index (χ4n) is 4.19. The molecule has 5 heteroatoms. The molecular weight excluding hydrogens is 364 g/mol. The number of likely N-dealkylation sites (tertiary alicyclic amines) is 1. The quantitative estimate of drug-likeness (QED) is 0.658. The van der Waals surface area contributed by atoms with E-state index in [1.165, 1.54) is 0 Å². The topological polar surface area (TPSA) is 43.7 Å². The Kier molecular flexibility index (Phi) is 4.72. The Morgan fingerprint density at radius 2 is 1.66 bits per heavy atom. The van der Waals surface area contributed by atoms with Gasteiger partial charge < -0.3 is 18.9 Å². The number of amides is 1. The van der Waals surface area contributed by atoms with Gasteiger partial charge in [-0.25, -0.2) is 0 Å². The lowest BCUT2D eigenvalue weighted by atomic mass is 10.0. The summed E-state index contributed by atoms with van der Waals surface area (Å²) in [4.78, 5) is 15.2. The van der Waals surface area contributed by atoms with Gasteiger partial charge in [-0.05, 0) is 66.9 Å². The summed E-state index contributed by atoms with van der Waals surface area (Å²) in [6.07, 6.45) is 6.85. The molecule has 0 saturated carbocycles. The Morgan fingerprint density at radius 3 is 2.45 bits per heavy atom. The van der Waals surface area contributed by atoms with Crippen molar-refractivity contribution in [1.29, 1.82) is 0 Å². The molecule has 2 aliphatic rings. The van der Waals surface area contributed by atoms with Gasteiger partial charge in [0.1, 0.15) is 0 Å². The summed E-state index contributed by atoms with van der Waals surface area (Å²) in [6, 6.07) is 18.0. The highest BCUT2D eigenvalue weighted by atomic mass is 16.5. The zero-order chi connectivity index (χ0) is 19.6. The molecule has 29 heavy (non-hydrogen) atoms. The molecule has 0 N–H and O–H groups in total. The average molecular weight is 388 g/mol. The second-order valence-electron chi connectivity index (χ2n) is 7.55. The van der Waals surface area contributed by atoms with Crippen LogP contribution in [0.3, 0.4) is 0 Å². The van der Waals surface area contributed by atoms with E-state index in [1.54, 1.807) is 0 Å². The monoisotopic (exact) mass is 388 g/mol. The van der Waals surface area contributed by atoms with Crippen molar-refractivity contribution in [3.05, 3.63) is 78.1 Å². The van der Waals surface area contributed by atoms with Crippen molar-refractivity contribution < 1.29 is 14.3 Å². The van der Waals surface area contributed by atoms with Gasteiger partial charge in [-0.2, -0.15) is 0 Å². The first-order chi connectivity index (χ1) is 14.3. The molecule has 1 amide bonds. The van der Waals surface area contributed by atoms with Crippen LogP contribution in [0.4, 0.5) is 0 Å². The zero-order valence-corrected chi connectivity index (χ0v) is 16.3. The maximum atomic E-state index is 13.2. The van der Waals surface area contributed by atoms with Crippen LogP contribution in [-0.4, -0.2) is 35.1 Å². The summed E-state index contributed by atoms with van der Waals surface area (Å²) in [5.74, 6) is 1.66. The van der Waals surface area contributed by atoms with E-state index in [-0.39, 0.29) is 11.9 Å². The van der Waals surface area contributed by atoms with Crippen molar-refractivity contribution in [3.63, 3.8) is 0 Å². The molecule has 1 atom stereocenters. The first kappa shape index (κ1) is 17.9. The molecule has 0 spiro atoms. The van der Waals surface area contributed by atoms with Gasteiger partial charge in [0.05, 0.1) is 19.3 Å². The zero-order valence-electron chi connectivity index (χ0n) is 16.3. The fourth-order valence-corrected chi connectivity index (χ4v) is 4.19. The summed E-state index contributed by atoms with van der Waals surface area (Å²) < 4.78 is 13.6. The third kappa shape index (κ3) is 3.48. The first-order valence-electron chi connectivity index (χ1n) is 10.2. The van der Waals surface area contributed by atoms with E-state index in [9.17, 15) is 4.79 Å². The molecule has 0 bridgehead atoms. The van der Waals surface area contributed by atoms with Gasteiger partial charge in [0, 0.05) is 36.6 Å². The molecule has 0 aliphatic carbocycles. The van der Waals surface area contributed by atoms with Gasteiger partial charge >= 0.3 is 0 Å². The van der Waals surface area contributed by atoms with Gasteiger partial charge in [-0.3, -0.25) is 4.79 Å². The number of carbonyl (C=O) groups is 1. The van der Waals surface area contributed by atoms with Crippen LogP contribution in [0.1, 0.15) is 41.2 Å². The van der Waals surface area contributed by atoms with Crippen molar-refractivity contribution in [1.82, 2.24) is 9.47 Å². The highest BCUT2D eigenvalue weighted by molar-refractivity contribution is 5.95. The van der Waals surface area contributed by atoms with Crippen LogP contribution in [0.15, 0.2) is 67.0 Å². The van der Waals surface area contributed by atoms with Gasteiger partial charge in [0.2, 0.25) is 0 Å². The van der Waals surface area contributed by atoms with Crippen molar-refractivity contribution in [2.45, 2.75) is 25.3 Å². The SMILES string of the molecule is O=C(c1ccc(-n2cccc2)cc1)N1CCCC1c1ccc2c(c1)OCCCO2. The lowest BCUT2D eigenvalue weighted by Gasteiger charge is -2.26. The number of rotatable bonds is 3. The maximum Gasteiger partial charge on any atom is 0.254 e. The van der Waals surface area contributed by atoms with E-state index in [2.05, 4.69) is 6.07 Å². The number of hydrogen-bond donors (Lipinski definition) is 0. The Hall–Kier alpha value is -3.21. The smallest absolute Gasteiger partial charge is 0.254 e. The summed E-state index contributed by atoms with van der Waals surface area (Å²) in [6.45, 7) is 2.12. The fraction of sp³-hybridized carbons (Fsp3) is 0.292. The van der Waals surface area contributed by atoms with Crippen molar-refractivity contribution in [2.75, 3.05) is 19.8 Å². The number of carbonyl (C=O) groups excluding carboxylic acids is 1. The van der Waals surface area contributed by atoms with Crippen molar-refractivity contribution in [3.8, 4) is 17.2 Å². The second-order valence-corrected chi connectivity index (χ2v) is 7.55.